The largest absolute Gasteiger partial charge is 0.432 e. The first kappa shape index (κ1) is 11.7. The number of ketones is 1. The number of hydrogen-bond acceptors (Lipinski definition) is 3. The maximum atomic E-state index is 11.0. The van der Waals surface area contributed by atoms with Crippen LogP contribution in [-0.4, -0.2) is 30.0 Å². The third kappa shape index (κ3) is 3.32. The number of benzene rings is 1. The molecule has 0 atom stereocenters. The van der Waals surface area contributed by atoms with Gasteiger partial charge in [0.2, 0.25) is 0 Å². The molecule has 0 unspecified atom stereocenters. The number of carbonyl (C=O) groups excluding carboxylic acids is 1. The van der Waals surface area contributed by atoms with E-state index in [9.17, 15) is 4.79 Å². The highest BCUT2D eigenvalue weighted by Crippen LogP contribution is 2.13. The number of rotatable bonds is 2. The van der Waals surface area contributed by atoms with E-state index in [1.54, 1.807) is 29.2 Å². The number of thiocarbonyl (C=S) groups is 1. The van der Waals surface area contributed by atoms with Gasteiger partial charge in [-0.25, -0.2) is 0 Å². The Morgan fingerprint density at radius 2 is 1.80 bits per heavy atom. The van der Waals surface area contributed by atoms with Gasteiger partial charge < -0.3 is 9.64 Å². The highest BCUT2D eigenvalue weighted by Gasteiger charge is 2.03. The van der Waals surface area contributed by atoms with Gasteiger partial charge in [-0.05, 0) is 43.4 Å². The van der Waals surface area contributed by atoms with Gasteiger partial charge in [0.25, 0.3) is 5.17 Å². The highest BCUT2D eigenvalue weighted by molar-refractivity contribution is 7.80. The van der Waals surface area contributed by atoms with Crippen molar-refractivity contribution in [1.82, 2.24) is 4.90 Å². The van der Waals surface area contributed by atoms with Crippen LogP contribution < -0.4 is 4.74 Å². The van der Waals surface area contributed by atoms with E-state index >= 15 is 0 Å². The average Bonchev–Trinajstić information content (AvgIpc) is 2.18. The van der Waals surface area contributed by atoms with E-state index in [1.807, 2.05) is 14.1 Å². The fraction of sp³-hybridized carbons (Fsp3) is 0.273. The Bertz CT molecular complexity index is 371. The van der Waals surface area contributed by atoms with Crippen LogP contribution in [0.3, 0.4) is 0 Å². The zero-order chi connectivity index (χ0) is 11.4. The average molecular weight is 223 g/mol. The molecule has 3 nitrogen and oxygen atoms in total. The van der Waals surface area contributed by atoms with E-state index in [0.717, 1.165) is 0 Å². The van der Waals surface area contributed by atoms with Gasteiger partial charge in [-0.15, -0.1) is 0 Å². The predicted octanol–water partition coefficient (Wildman–Crippen LogP) is 2.11. The summed E-state index contributed by atoms with van der Waals surface area (Å²) in [4.78, 5) is 12.7. The van der Waals surface area contributed by atoms with E-state index in [4.69, 9.17) is 17.0 Å². The second-order valence-electron chi connectivity index (χ2n) is 3.34. The van der Waals surface area contributed by atoms with Gasteiger partial charge in [-0.2, -0.15) is 0 Å². The van der Waals surface area contributed by atoms with E-state index in [2.05, 4.69) is 0 Å². The second kappa shape index (κ2) is 4.89. The maximum Gasteiger partial charge on any atom is 0.264 e. The summed E-state index contributed by atoms with van der Waals surface area (Å²) in [7, 11) is 3.62. The lowest BCUT2D eigenvalue weighted by molar-refractivity contribution is 0.101. The zero-order valence-corrected chi connectivity index (χ0v) is 9.80. The van der Waals surface area contributed by atoms with Gasteiger partial charge in [-0.3, -0.25) is 4.79 Å². The first-order valence-corrected chi connectivity index (χ1v) is 4.91. The number of nitrogens with zero attached hydrogens (tertiary/aromatic N) is 1. The van der Waals surface area contributed by atoms with Crippen LogP contribution in [0.5, 0.6) is 5.75 Å². The van der Waals surface area contributed by atoms with Gasteiger partial charge in [0.15, 0.2) is 5.78 Å². The summed E-state index contributed by atoms with van der Waals surface area (Å²) >= 11 is 4.98. The van der Waals surface area contributed by atoms with Crippen molar-refractivity contribution in [3.05, 3.63) is 29.8 Å². The first-order valence-electron chi connectivity index (χ1n) is 4.51. The number of Topliss-reactive ketones (excluding diaryl/α,β-unsaturated/α-hetero) is 1. The minimum atomic E-state index is 0.0386. The molecule has 0 fully saturated rings. The fourth-order valence-corrected chi connectivity index (χ4v) is 1.05. The molecule has 0 amide bonds. The van der Waals surface area contributed by atoms with Crippen LogP contribution in [-0.2, 0) is 0 Å². The van der Waals surface area contributed by atoms with Gasteiger partial charge >= 0.3 is 0 Å². The summed E-state index contributed by atoms with van der Waals surface area (Å²) in [5.41, 5.74) is 0.665. The van der Waals surface area contributed by atoms with Gasteiger partial charge in [0, 0.05) is 19.7 Å². The van der Waals surface area contributed by atoms with Crippen molar-refractivity contribution in [2.24, 2.45) is 0 Å². The van der Waals surface area contributed by atoms with Gasteiger partial charge in [-0.1, -0.05) is 0 Å². The molecule has 0 aliphatic rings. The van der Waals surface area contributed by atoms with Crippen molar-refractivity contribution in [2.75, 3.05) is 14.1 Å². The van der Waals surface area contributed by atoms with Gasteiger partial charge in [0.1, 0.15) is 5.75 Å². The molecule has 4 heteroatoms. The van der Waals surface area contributed by atoms with Crippen molar-refractivity contribution in [1.29, 1.82) is 0 Å². The smallest absolute Gasteiger partial charge is 0.264 e. The molecular formula is C11H13NO2S. The van der Waals surface area contributed by atoms with E-state index < -0.39 is 0 Å². The van der Waals surface area contributed by atoms with Gasteiger partial charge in [0.05, 0.1) is 0 Å². The topological polar surface area (TPSA) is 29.5 Å². The molecule has 1 aromatic rings. The third-order valence-corrected chi connectivity index (χ3v) is 2.28. The Balaban J connectivity index is 2.73. The Hall–Kier alpha value is -1.42. The summed E-state index contributed by atoms with van der Waals surface area (Å²) in [6.45, 7) is 1.53. The molecule has 0 saturated carbocycles. The molecule has 0 aromatic heterocycles. The molecule has 80 valence electrons. The predicted molar refractivity (Wildman–Crippen MR) is 63.4 cm³/mol. The van der Waals surface area contributed by atoms with Crippen LogP contribution in [0.2, 0.25) is 0 Å². The maximum absolute atomic E-state index is 11.0. The Kier molecular flexibility index (Phi) is 3.80. The lowest BCUT2D eigenvalue weighted by atomic mass is 10.1. The monoisotopic (exact) mass is 223 g/mol. The Morgan fingerprint density at radius 3 is 2.20 bits per heavy atom. The molecule has 0 bridgehead atoms. The lowest BCUT2D eigenvalue weighted by Gasteiger charge is -2.13. The SMILES string of the molecule is CC(=O)c1ccc(OC(=S)N(C)C)cc1. The molecule has 0 saturated heterocycles. The molecule has 0 radical (unpaired) electrons. The number of hydrogen-bond donors (Lipinski definition) is 0. The molecule has 0 spiro atoms. The van der Waals surface area contributed by atoms with Crippen LogP contribution >= 0.6 is 12.2 Å². The summed E-state index contributed by atoms with van der Waals surface area (Å²) in [5, 5.41) is 0.394. The molecule has 0 N–H and O–H groups in total. The molecule has 15 heavy (non-hydrogen) atoms. The zero-order valence-electron chi connectivity index (χ0n) is 8.98. The van der Waals surface area contributed by atoms with Crippen molar-refractivity contribution in [3.63, 3.8) is 0 Å². The van der Waals surface area contributed by atoms with Crippen molar-refractivity contribution in [2.45, 2.75) is 6.92 Å². The third-order valence-electron chi connectivity index (χ3n) is 1.83. The number of carbonyl (C=O) groups is 1. The van der Waals surface area contributed by atoms with Crippen molar-refractivity contribution in [3.8, 4) is 5.75 Å². The standard InChI is InChI=1S/C11H13NO2S/c1-8(13)9-4-6-10(7-5-9)14-11(15)12(2)3/h4-7H,1-3H3. The second-order valence-corrected chi connectivity index (χ2v) is 3.69. The summed E-state index contributed by atoms with van der Waals surface area (Å²) in [5.74, 6) is 0.676. The fourth-order valence-electron chi connectivity index (χ4n) is 0.950. The number of ether oxygens (including phenoxy) is 1. The van der Waals surface area contributed by atoms with E-state index in [1.165, 1.54) is 6.92 Å². The van der Waals surface area contributed by atoms with Crippen molar-refractivity contribution < 1.29 is 9.53 Å². The molecule has 0 heterocycles. The van der Waals surface area contributed by atoms with E-state index in [0.29, 0.717) is 16.5 Å². The summed E-state index contributed by atoms with van der Waals surface area (Å²) < 4.78 is 5.36. The lowest BCUT2D eigenvalue weighted by Crippen LogP contribution is -2.24. The molecule has 1 rings (SSSR count). The molecule has 0 aliphatic carbocycles. The minimum absolute atomic E-state index is 0.0386. The summed E-state index contributed by atoms with van der Waals surface area (Å²) in [6, 6.07) is 6.89. The van der Waals surface area contributed by atoms with Crippen LogP contribution in [0.15, 0.2) is 24.3 Å². The summed E-state index contributed by atoms with van der Waals surface area (Å²) in [6.07, 6.45) is 0. The molecule has 0 aliphatic heterocycles. The van der Waals surface area contributed by atoms with Crippen LogP contribution in [0.25, 0.3) is 0 Å². The molecular weight excluding hydrogens is 210 g/mol. The minimum Gasteiger partial charge on any atom is -0.432 e. The normalized spacial score (nSPS) is 9.53. The van der Waals surface area contributed by atoms with Crippen LogP contribution in [0.1, 0.15) is 17.3 Å². The highest BCUT2D eigenvalue weighted by atomic mass is 32.1. The Labute approximate surface area is 94.6 Å². The Morgan fingerprint density at radius 1 is 1.27 bits per heavy atom. The van der Waals surface area contributed by atoms with Crippen LogP contribution in [0, 0.1) is 0 Å². The van der Waals surface area contributed by atoms with Crippen LogP contribution in [0.4, 0.5) is 0 Å². The molecule has 1 aromatic carbocycles. The van der Waals surface area contributed by atoms with E-state index in [-0.39, 0.29) is 5.78 Å². The first-order chi connectivity index (χ1) is 7.00. The quantitative estimate of drug-likeness (QED) is 0.567. The van der Waals surface area contributed by atoms with Crippen molar-refractivity contribution >= 4 is 23.2 Å².